The Bertz CT molecular complexity index is 625. The molecule has 3 rings (SSSR count). The molecule has 0 spiro atoms. The Labute approximate surface area is 137 Å². The standard InChI is InChI=1S/C18H26N4O/c1-3-13(2)19-18(23)14-8-10-22(11-9-14)12-17-20-15-6-4-5-7-16(15)21-17/h4-7,13-14H,3,8-12H2,1-2H3,(H,19,23)(H,20,21). The largest absolute Gasteiger partial charge is 0.353 e. The quantitative estimate of drug-likeness (QED) is 0.892. The van der Waals surface area contributed by atoms with E-state index in [-0.39, 0.29) is 17.9 Å². The van der Waals surface area contributed by atoms with Gasteiger partial charge in [-0.1, -0.05) is 19.1 Å². The van der Waals surface area contributed by atoms with Gasteiger partial charge in [0.1, 0.15) is 5.82 Å². The van der Waals surface area contributed by atoms with Gasteiger partial charge in [0, 0.05) is 12.0 Å². The molecule has 5 nitrogen and oxygen atoms in total. The molecule has 23 heavy (non-hydrogen) atoms. The molecule has 2 aromatic rings. The maximum Gasteiger partial charge on any atom is 0.223 e. The summed E-state index contributed by atoms with van der Waals surface area (Å²) in [5.74, 6) is 1.40. The Morgan fingerprint density at radius 2 is 2.13 bits per heavy atom. The van der Waals surface area contributed by atoms with Crippen LogP contribution < -0.4 is 5.32 Å². The number of para-hydroxylation sites is 2. The van der Waals surface area contributed by atoms with Gasteiger partial charge in [0.05, 0.1) is 17.6 Å². The molecule has 1 unspecified atom stereocenters. The number of nitrogens with zero attached hydrogens (tertiary/aromatic N) is 2. The molecule has 0 radical (unpaired) electrons. The highest BCUT2D eigenvalue weighted by atomic mass is 16.1. The van der Waals surface area contributed by atoms with E-state index in [1.54, 1.807) is 0 Å². The molecule has 1 atom stereocenters. The average molecular weight is 314 g/mol. The third-order valence-electron chi connectivity index (χ3n) is 4.77. The van der Waals surface area contributed by atoms with Crippen LogP contribution in [-0.2, 0) is 11.3 Å². The van der Waals surface area contributed by atoms with Crippen molar-refractivity contribution in [3.63, 3.8) is 0 Å². The van der Waals surface area contributed by atoms with Gasteiger partial charge in [0.15, 0.2) is 0 Å². The van der Waals surface area contributed by atoms with Crippen LogP contribution in [0.4, 0.5) is 0 Å². The van der Waals surface area contributed by atoms with Crippen LogP contribution in [0, 0.1) is 5.92 Å². The van der Waals surface area contributed by atoms with Crippen molar-refractivity contribution in [1.82, 2.24) is 20.2 Å². The summed E-state index contributed by atoms with van der Waals surface area (Å²) in [5, 5.41) is 3.11. The number of hydrogen-bond acceptors (Lipinski definition) is 3. The minimum Gasteiger partial charge on any atom is -0.353 e. The number of carbonyl (C=O) groups excluding carboxylic acids is 1. The van der Waals surface area contributed by atoms with Gasteiger partial charge >= 0.3 is 0 Å². The number of fused-ring (bicyclic) bond motifs is 1. The molecule has 1 aliphatic heterocycles. The van der Waals surface area contributed by atoms with Crippen molar-refractivity contribution in [3.8, 4) is 0 Å². The van der Waals surface area contributed by atoms with Crippen molar-refractivity contribution < 1.29 is 4.79 Å². The molecule has 2 N–H and O–H groups in total. The lowest BCUT2D eigenvalue weighted by molar-refractivity contribution is -0.127. The zero-order valence-corrected chi connectivity index (χ0v) is 14.0. The number of piperidine rings is 1. The molecule has 5 heteroatoms. The molecule has 0 aliphatic carbocycles. The van der Waals surface area contributed by atoms with Gasteiger partial charge in [0.25, 0.3) is 0 Å². The summed E-state index contributed by atoms with van der Waals surface area (Å²) in [7, 11) is 0. The molecule has 1 saturated heterocycles. The van der Waals surface area contributed by atoms with Gasteiger partial charge in [-0.15, -0.1) is 0 Å². The molecule has 124 valence electrons. The minimum atomic E-state index is 0.163. The number of amides is 1. The summed E-state index contributed by atoms with van der Waals surface area (Å²) in [6.07, 6.45) is 2.85. The maximum atomic E-state index is 12.2. The van der Waals surface area contributed by atoms with Crippen LogP contribution in [0.3, 0.4) is 0 Å². The smallest absolute Gasteiger partial charge is 0.223 e. The molecule has 1 fully saturated rings. The number of H-pyrrole nitrogens is 1. The molecular weight excluding hydrogens is 288 g/mol. The second-order valence-electron chi connectivity index (χ2n) is 6.57. The SMILES string of the molecule is CCC(C)NC(=O)C1CCN(Cc2nc3ccccc3[nH]2)CC1. The van der Waals surface area contributed by atoms with E-state index in [9.17, 15) is 4.79 Å². The summed E-state index contributed by atoms with van der Waals surface area (Å²) >= 11 is 0. The number of aromatic amines is 1. The second-order valence-corrected chi connectivity index (χ2v) is 6.57. The number of rotatable bonds is 5. The Balaban J connectivity index is 1.52. The van der Waals surface area contributed by atoms with E-state index >= 15 is 0 Å². The van der Waals surface area contributed by atoms with Crippen LogP contribution in [0.2, 0.25) is 0 Å². The van der Waals surface area contributed by atoms with E-state index in [0.29, 0.717) is 0 Å². The van der Waals surface area contributed by atoms with E-state index in [4.69, 9.17) is 0 Å². The number of imidazole rings is 1. The summed E-state index contributed by atoms with van der Waals surface area (Å²) in [5.41, 5.74) is 2.11. The average Bonchev–Trinajstić information content (AvgIpc) is 2.97. The van der Waals surface area contributed by atoms with E-state index in [1.165, 1.54) is 0 Å². The molecule has 1 aromatic carbocycles. The molecular formula is C18H26N4O. The Morgan fingerprint density at radius 1 is 1.39 bits per heavy atom. The van der Waals surface area contributed by atoms with Crippen LogP contribution in [0.1, 0.15) is 38.9 Å². The number of aromatic nitrogens is 2. The van der Waals surface area contributed by atoms with E-state index in [0.717, 1.165) is 55.8 Å². The van der Waals surface area contributed by atoms with Gasteiger partial charge in [0.2, 0.25) is 5.91 Å². The topological polar surface area (TPSA) is 61.0 Å². The summed E-state index contributed by atoms with van der Waals surface area (Å²) in [6, 6.07) is 8.38. The summed E-state index contributed by atoms with van der Waals surface area (Å²) < 4.78 is 0. The van der Waals surface area contributed by atoms with Crippen molar-refractivity contribution in [2.45, 2.75) is 45.7 Å². The zero-order chi connectivity index (χ0) is 16.2. The molecule has 2 heterocycles. The van der Waals surface area contributed by atoms with Gasteiger partial charge in [-0.2, -0.15) is 0 Å². The van der Waals surface area contributed by atoms with Crippen molar-refractivity contribution in [2.75, 3.05) is 13.1 Å². The fourth-order valence-corrected chi connectivity index (χ4v) is 3.11. The molecule has 0 bridgehead atoms. The number of carbonyl (C=O) groups is 1. The fraction of sp³-hybridized carbons (Fsp3) is 0.556. The third kappa shape index (κ3) is 3.91. The highest BCUT2D eigenvalue weighted by Crippen LogP contribution is 2.20. The van der Waals surface area contributed by atoms with Crippen LogP contribution in [0.5, 0.6) is 0 Å². The normalized spacial score (nSPS) is 18.2. The van der Waals surface area contributed by atoms with Crippen molar-refractivity contribution in [2.24, 2.45) is 5.92 Å². The van der Waals surface area contributed by atoms with E-state index < -0.39 is 0 Å². The van der Waals surface area contributed by atoms with Crippen LogP contribution in [0.25, 0.3) is 11.0 Å². The molecule has 1 aromatic heterocycles. The predicted octanol–water partition coefficient (Wildman–Crippen LogP) is 2.69. The van der Waals surface area contributed by atoms with E-state index in [1.807, 2.05) is 18.2 Å². The number of likely N-dealkylation sites (tertiary alicyclic amines) is 1. The second kappa shape index (κ2) is 7.13. The summed E-state index contributed by atoms with van der Waals surface area (Å²) in [4.78, 5) is 22.6. The molecule has 1 aliphatic rings. The Kier molecular flexibility index (Phi) is 4.96. The van der Waals surface area contributed by atoms with Gasteiger partial charge < -0.3 is 10.3 Å². The molecule has 1 amide bonds. The number of nitrogens with one attached hydrogen (secondary N) is 2. The van der Waals surface area contributed by atoms with Crippen LogP contribution in [0.15, 0.2) is 24.3 Å². The van der Waals surface area contributed by atoms with Crippen LogP contribution >= 0.6 is 0 Å². The zero-order valence-electron chi connectivity index (χ0n) is 14.0. The summed E-state index contributed by atoms with van der Waals surface area (Å²) in [6.45, 7) is 6.90. The van der Waals surface area contributed by atoms with Gasteiger partial charge in [-0.3, -0.25) is 9.69 Å². The first-order chi connectivity index (χ1) is 11.2. The lowest BCUT2D eigenvalue weighted by atomic mass is 9.95. The van der Waals surface area contributed by atoms with E-state index in [2.05, 4.69) is 40.1 Å². The van der Waals surface area contributed by atoms with Crippen molar-refractivity contribution in [3.05, 3.63) is 30.1 Å². The first-order valence-corrected chi connectivity index (χ1v) is 8.62. The van der Waals surface area contributed by atoms with Gasteiger partial charge in [-0.05, 0) is 51.4 Å². The van der Waals surface area contributed by atoms with Gasteiger partial charge in [-0.25, -0.2) is 4.98 Å². The minimum absolute atomic E-state index is 0.163. The van der Waals surface area contributed by atoms with Crippen LogP contribution in [-0.4, -0.2) is 39.9 Å². The molecule has 0 saturated carbocycles. The Hall–Kier alpha value is -1.88. The fourth-order valence-electron chi connectivity index (χ4n) is 3.11. The monoisotopic (exact) mass is 314 g/mol. The lowest BCUT2D eigenvalue weighted by Gasteiger charge is -2.31. The van der Waals surface area contributed by atoms with Crippen molar-refractivity contribution >= 4 is 16.9 Å². The maximum absolute atomic E-state index is 12.2. The first-order valence-electron chi connectivity index (χ1n) is 8.62. The Morgan fingerprint density at radius 3 is 2.83 bits per heavy atom. The highest BCUT2D eigenvalue weighted by molar-refractivity contribution is 5.79. The number of benzene rings is 1. The third-order valence-corrected chi connectivity index (χ3v) is 4.77. The lowest BCUT2D eigenvalue weighted by Crippen LogP contribution is -2.42. The number of hydrogen-bond donors (Lipinski definition) is 2. The van der Waals surface area contributed by atoms with Crippen molar-refractivity contribution in [1.29, 1.82) is 0 Å². The predicted molar refractivity (Wildman–Crippen MR) is 92.0 cm³/mol. The first kappa shape index (κ1) is 16.0. The highest BCUT2D eigenvalue weighted by Gasteiger charge is 2.25.